The number of hydrogen-bond donors (Lipinski definition) is 1. The Morgan fingerprint density at radius 3 is 2.37 bits per heavy atom. The van der Waals surface area contributed by atoms with Crippen molar-refractivity contribution in [3.63, 3.8) is 0 Å². The van der Waals surface area contributed by atoms with Crippen molar-refractivity contribution in [3.8, 4) is 0 Å². The molecular formula is C27H28Cl2N2O3S. The number of hydrogen-bond acceptors (Lipinski definition) is 3. The highest BCUT2D eigenvalue weighted by molar-refractivity contribution is 7.92. The zero-order chi connectivity index (χ0) is 25.2. The molecule has 1 aliphatic carbocycles. The number of nitrogens with one attached hydrogen (secondary N) is 1. The topological polar surface area (TPSA) is 66.5 Å². The van der Waals surface area contributed by atoms with Crippen LogP contribution in [0.1, 0.15) is 48.1 Å². The number of aryl methyl sites for hydroxylation is 3. The van der Waals surface area contributed by atoms with Crippen molar-refractivity contribution in [2.45, 2.75) is 50.5 Å². The first-order valence-corrected chi connectivity index (χ1v) is 13.8. The van der Waals surface area contributed by atoms with E-state index in [4.69, 9.17) is 23.2 Å². The van der Waals surface area contributed by atoms with E-state index in [9.17, 15) is 13.2 Å². The lowest BCUT2D eigenvalue weighted by molar-refractivity contribution is -0.120. The lowest BCUT2D eigenvalue weighted by Gasteiger charge is -2.26. The van der Waals surface area contributed by atoms with E-state index in [2.05, 4.69) is 17.4 Å². The van der Waals surface area contributed by atoms with Gasteiger partial charge >= 0.3 is 0 Å². The van der Waals surface area contributed by atoms with Gasteiger partial charge in [0.2, 0.25) is 5.91 Å². The molecule has 0 saturated carbocycles. The van der Waals surface area contributed by atoms with E-state index in [0.29, 0.717) is 5.02 Å². The Hall–Kier alpha value is -2.54. The first-order chi connectivity index (χ1) is 16.6. The summed E-state index contributed by atoms with van der Waals surface area (Å²) in [6.07, 6.45) is 4.50. The van der Waals surface area contributed by atoms with E-state index in [0.717, 1.165) is 28.3 Å². The third kappa shape index (κ3) is 5.83. The molecule has 1 atom stereocenters. The van der Waals surface area contributed by atoms with Crippen LogP contribution in [0.5, 0.6) is 0 Å². The van der Waals surface area contributed by atoms with Crippen molar-refractivity contribution in [1.29, 1.82) is 0 Å². The van der Waals surface area contributed by atoms with Crippen molar-refractivity contribution in [2.24, 2.45) is 0 Å². The number of sulfonamides is 1. The first kappa shape index (κ1) is 25.5. The van der Waals surface area contributed by atoms with Crippen molar-refractivity contribution in [1.82, 2.24) is 5.32 Å². The van der Waals surface area contributed by atoms with Crippen molar-refractivity contribution in [3.05, 3.63) is 93.0 Å². The Balaban J connectivity index is 1.61. The number of halogens is 2. The third-order valence-corrected chi connectivity index (χ3v) is 8.65. The highest BCUT2D eigenvalue weighted by atomic mass is 35.5. The molecule has 0 unspecified atom stereocenters. The summed E-state index contributed by atoms with van der Waals surface area (Å²) in [5.41, 5.74) is 4.76. The van der Waals surface area contributed by atoms with E-state index in [1.807, 2.05) is 19.9 Å². The molecule has 0 aliphatic heterocycles. The van der Waals surface area contributed by atoms with Crippen LogP contribution in [-0.2, 0) is 27.7 Å². The number of fused-ring (bicyclic) bond motifs is 1. The fourth-order valence-corrected chi connectivity index (χ4v) is 6.21. The van der Waals surface area contributed by atoms with E-state index < -0.39 is 22.5 Å². The molecular weight excluding hydrogens is 503 g/mol. The zero-order valence-electron chi connectivity index (χ0n) is 19.7. The lowest BCUT2D eigenvalue weighted by Crippen LogP contribution is -2.41. The van der Waals surface area contributed by atoms with Crippen LogP contribution in [-0.4, -0.2) is 20.9 Å². The van der Waals surface area contributed by atoms with Crippen LogP contribution in [0.4, 0.5) is 5.69 Å². The van der Waals surface area contributed by atoms with Crippen molar-refractivity contribution >= 4 is 44.8 Å². The SMILES string of the molecule is Cc1ccc(S(=O)(=O)N(CC(=O)N[C@H](C)c2ccc3c(c2)CCCC3)c2cc(Cl)ccc2Cl)cc1. The largest absolute Gasteiger partial charge is 0.348 e. The molecule has 3 aromatic rings. The number of carbonyl (C=O) groups excluding carboxylic acids is 1. The second-order valence-corrected chi connectivity index (χ2v) is 11.7. The maximum absolute atomic E-state index is 13.6. The average Bonchev–Trinajstić information content (AvgIpc) is 2.84. The van der Waals surface area contributed by atoms with Gasteiger partial charge in [-0.1, -0.05) is 59.1 Å². The van der Waals surface area contributed by atoms with E-state index in [1.165, 1.54) is 48.2 Å². The number of anilines is 1. The van der Waals surface area contributed by atoms with Crippen molar-refractivity contribution < 1.29 is 13.2 Å². The van der Waals surface area contributed by atoms with Crippen LogP contribution < -0.4 is 9.62 Å². The van der Waals surface area contributed by atoms with Crippen LogP contribution >= 0.6 is 23.2 Å². The molecule has 0 saturated heterocycles. The molecule has 1 aliphatic rings. The molecule has 0 bridgehead atoms. The number of rotatable bonds is 7. The molecule has 5 nitrogen and oxygen atoms in total. The molecule has 1 N–H and O–H groups in total. The summed E-state index contributed by atoms with van der Waals surface area (Å²) < 4.78 is 28.2. The lowest BCUT2D eigenvalue weighted by atomic mass is 9.89. The van der Waals surface area contributed by atoms with Gasteiger partial charge in [0.05, 0.1) is 21.6 Å². The standard InChI is InChI=1S/C27H28Cl2N2O3S/c1-18-7-12-24(13-8-18)35(33,34)31(26-16-23(28)11-14-25(26)29)17-27(32)30-19(2)21-10-9-20-5-3-4-6-22(20)15-21/h7-16,19H,3-6,17H2,1-2H3,(H,30,32)/t19-/m1/s1. The molecule has 0 fully saturated rings. The Bertz CT molecular complexity index is 1340. The van der Waals surface area contributed by atoms with Gasteiger partial charge in [-0.2, -0.15) is 0 Å². The maximum Gasteiger partial charge on any atom is 0.264 e. The van der Waals surface area contributed by atoms with E-state index >= 15 is 0 Å². The minimum atomic E-state index is -4.09. The molecule has 0 radical (unpaired) electrons. The fraction of sp³-hybridized carbons (Fsp3) is 0.296. The summed E-state index contributed by atoms with van der Waals surface area (Å²) in [4.78, 5) is 13.2. The normalized spacial score (nSPS) is 14.2. The predicted octanol–water partition coefficient (Wildman–Crippen LogP) is 6.25. The van der Waals surface area contributed by atoms with Gasteiger partial charge in [-0.05, 0) is 86.6 Å². The monoisotopic (exact) mass is 530 g/mol. The number of benzene rings is 3. The van der Waals surface area contributed by atoms with Gasteiger partial charge in [0.1, 0.15) is 6.54 Å². The van der Waals surface area contributed by atoms with Gasteiger partial charge in [-0.3, -0.25) is 9.10 Å². The quantitative estimate of drug-likeness (QED) is 0.392. The Morgan fingerprint density at radius 2 is 1.66 bits per heavy atom. The van der Waals surface area contributed by atoms with Crippen LogP contribution in [0, 0.1) is 6.92 Å². The summed E-state index contributed by atoms with van der Waals surface area (Å²) in [7, 11) is -4.09. The third-order valence-electron chi connectivity index (χ3n) is 6.32. The average molecular weight is 532 g/mol. The Labute approximate surface area is 217 Å². The van der Waals surface area contributed by atoms with Gasteiger partial charge < -0.3 is 5.32 Å². The van der Waals surface area contributed by atoms with Crippen LogP contribution in [0.2, 0.25) is 10.0 Å². The molecule has 0 aromatic heterocycles. The summed E-state index contributed by atoms with van der Waals surface area (Å²) in [6.45, 7) is 3.33. The van der Waals surface area contributed by atoms with Gasteiger partial charge in [0.15, 0.2) is 0 Å². The molecule has 4 rings (SSSR count). The Morgan fingerprint density at radius 1 is 0.971 bits per heavy atom. The van der Waals surface area contributed by atoms with Crippen LogP contribution in [0.15, 0.2) is 65.6 Å². The van der Waals surface area contributed by atoms with Gasteiger partial charge in [0.25, 0.3) is 10.0 Å². The number of carbonyl (C=O) groups is 1. The van der Waals surface area contributed by atoms with Gasteiger partial charge in [-0.15, -0.1) is 0 Å². The highest BCUT2D eigenvalue weighted by Gasteiger charge is 2.29. The molecule has 0 spiro atoms. The molecule has 3 aromatic carbocycles. The minimum absolute atomic E-state index is 0.0645. The van der Waals surface area contributed by atoms with E-state index in [1.54, 1.807) is 18.2 Å². The van der Waals surface area contributed by atoms with E-state index in [-0.39, 0.29) is 21.6 Å². The van der Waals surface area contributed by atoms with Gasteiger partial charge in [0, 0.05) is 5.02 Å². The highest BCUT2D eigenvalue weighted by Crippen LogP contribution is 2.33. The summed E-state index contributed by atoms with van der Waals surface area (Å²) in [6, 6.07) is 17.0. The molecule has 1 amide bonds. The first-order valence-electron chi connectivity index (χ1n) is 11.6. The summed E-state index contributed by atoms with van der Waals surface area (Å²) in [5, 5.41) is 3.45. The number of amides is 1. The smallest absolute Gasteiger partial charge is 0.264 e. The van der Waals surface area contributed by atoms with Crippen molar-refractivity contribution in [2.75, 3.05) is 10.8 Å². The maximum atomic E-state index is 13.6. The predicted molar refractivity (Wildman–Crippen MR) is 142 cm³/mol. The van der Waals surface area contributed by atoms with Gasteiger partial charge in [-0.25, -0.2) is 8.42 Å². The molecule has 0 heterocycles. The van der Waals surface area contributed by atoms with Crippen LogP contribution in [0.25, 0.3) is 0 Å². The zero-order valence-corrected chi connectivity index (χ0v) is 22.1. The fourth-order valence-electron chi connectivity index (χ4n) is 4.34. The molecule has 8 heteroatoms. The summed E-state index contributed by atoms with van der Waals surface area (Å²) in [5.74, 6) is -0.443. The minimum Gasteiger partial charge on any atom is -0.348 e. The second-order valence-electron chi connectivity index (χ2n) is 8.94. The van der Waals surface area contributed by atoms with Crippen LogP contribution in [0.3, 0.4) is 0 Å². The molecule has 35 heavy (non-hydrogen) atoms. The summed E-state index contributed by atoms with van der Waals surface area (Å²) >= 11 is 12.5. The second kappa shape index (κ2) is 10.6. The Kier molecular flexibility index (Phi) is 7.74. The number of nitrogens with zero attached hydrogens (tertiary/aromatic N) is 1. The molecule has 184 valence electrons.